The second-order valence-electron chi connectivity index (χ2n) is 7.82. The number of nitrogens with zero attached hydrogens (tertiary/aromatic N) is 2. The minimum absolute atomic E-state index is 0.0315. The van der Waals surface area contributed by atoms with Crippen molar-refractivity contribution in [3.05, 3.63) is 57.7 Å². The number of fused-ring (bicyclic) bond motifs is 1. The zero-order valence-corrected chi connectivity index (χ0v) is 19.9. The van der Waals surface area contributed by atoms with E-state index in [-0.39, 0.29) is 10.9 Å². The Labute approximate surface area is 186 Å². The number of anilines is 2. The molecule has 3 rings (SSSR count). The first kappa shape index (κ1) is 23.0. The highest BCUT2D eigenvalue weighted by Crippen LogP contribution is 2.26. The normalized spacial score (nSPS) is 12.8. The van der Waals surface area contributed by atoms with E-state index in [2.05, 4.69) is 5.32 Å². The number of benzene rings is 2. The van der Waals surface area contributed by atoms with Crippen molar-refractivity contribution >= 4 is 48.9 Å². The van der Waals surface area contributed by atoms with Crippen LogP contribution >= 0.6 is 11.3 Å². The summed E-state index contributed by atoms with van der Waals surface area (Å²) in [6, 6.07) is 11.4. The first-order chi connectivity index (χ1) is 14.5. The van der Waals surface area contributed by atoms with Crippen LogP contribution in [0.2, 0.25) is 0 Å². The number of amides is 1. The van der Waals surface area contributed by atoms with E-state index < -0.39 is 22.0 Å². The van der Waals surface area contributed by atoms with Gasteiger partial charge in [-0.25, -0.2) is 8.42 Å². The summed E-state index contributed by atoms with van der Waals surface area (Å²) >= 11 is 1.12. The third-order valence-corrected chi connectivity index (χ3v) is 7.11. The van der Waals surface area contributed by atoms with Crippen LogP contribution in [0.3, 0.4) is 0 Å². The molecular formula is C22H27N3O4S2. The van der Waals surface area contributed by atoms with Gasteiger partial charge in [0, 0.05) is 11.7 Å². The third kappa shape index (κ3) is 4.83. The Kier molecular flexibility index (Phi) is 6.56. The van der Waals surface area contributed by atoms with Crippen LogP contribution < -0.4 is 14.5 Å². The zero-order chi connectivity index (χ0) is 22.9. The van der Waals surface area contributed by atoms with Crippen molar-refractivity contribution in [2.24, 2.45) is 0 Å². The molecule has 3 aromatic rings. The summed E-state index contributed by atoms with van der Waals surface area (Å²) in [5.74, 6) is -0.427. The number of aryl methyl sites for hydroxylation is 1. The van der Waals surface area contributed by atoms with Crippen LogP contribution in [0.15, 0.2) is 47.3 Å². The maximum Gasteiger partial charge on any atom is 0.308 e. The van der Waals surface area contributed by atoms with Gasteiger partial charge in [0.2, 0.25) is 15.9 Å². The van der Waals surface area contributed by atoms with Crippen molar-refractivity contribution in [3.63, 3.8) is 0 Å². The highest BCUT2D eigenvalue weighted by Gasteiger charge is 2.31. The lowest BCUT2D eigenvalue weighted by Gasteiger charge is -2.30. The van der Waals surface area contributed by atoms with E-state index in [1.165, 1.54) is 0 Å². The van der Waals surface area contributed by atoms with E-state index in [9.17, 15) is 18.0 Å². The lowest BCUT2D eigenvalue weighted by molar-refractivity contribution is -0.117. The number of aromatic nitrogens is 1. The minimum Gasteiger partial charge on any atom is -0.324 e. The summed E-state index contributed by atoms with van der Waals surface area (Å²) in [6.07, 6.45) is 1.40. The molecule has 0 aliphatic carbocycles. The van der Waals surface area contributed by atoms with E-state index in [0.29, 0.717) is 17.8 Å². The van der Waals surface area contributed by atoms with E-state index >= 15 is 0 Å². The Morgan fingerprint density at radius 1 is 1.16 bits per heavy atom. The highest BCUT2D eigenvalue weighted by atomic mass is 32.2. The van der Waals surface area contributed by atoms with Crippen LogP contribution in [0.5, 0.6) is 0 Å². The van der Waals surface area contributed by atoms with E-state index in [1.807, 2.05) is 32.9 Å². The Bertz CT molecular complexity index is 1260. The van der Waals surface area contributed by atoms with Crippen LogP contribution in [0.1, 0.15) is 38.8 Å². The molecule has 1 amide bonds. The molecule has 0 fully saturated rings. The number of sulfonamides is 1. The highest BCUT2D eigenvalue weighted by molar-refractivity contribution is 7.92. The summed E-state index contributed by atoms with van der Waals surface area (Å²) in [5.41, 5.74) is 2.77. The summed E-state index contributed by atoms with van der Waals surface area (Å²) in [7, 11) is -3.70. The summed E-state index contributed by atoms with van der Waals surface area (Å²) in [4.78, 5) is 25.3. The number of nitrogens with one attached hydrogen (secondary N) is 1. The first-order valence-electron chi connectivity index (χ1n) is 10.0. The molecule has 7 nitrogen and oxygen atoms in total. The Hall–Kier alpha value is -2.65. The average molecular weight is 462 g/mol. The molecular weight excluding hydrogens is 434 g/mol. The maximum atomic E-state index is 13.1. The summed E-state index contributed by atoms with van der Waals surface area (Å²) in [6.45, 7) is 7.57. The van der Waals surface area contributed by atoms with Gasteiger partial charge in [0.1, 0.15) is 6.04 Å². The molecule has 2 aromatic carbocycles. The quantitative estimate of drug-likeness (QED) is 0.573. The molecule has 1 heterocycles. The van der Waals surface area contributed by atoms with Gasteiger partial charge in [0.15, 0.2) is 0 Å². The summed E-state index contributed by atoms with van der Waals surface area (Å²) < 4.78 is 28.8. The number of carbonyl (C=O) groups excluding carboxylic acids is 1. The topological polar surface area (TPSA) is 88.5 Å². The van der Waals surface area contributed by atoms with Gasteiger partial charge >= 0.3 is 4.87 Å². The van der Waals surface area contributed by atoms with Gasteiger partial charge in [0.25, 0.3) is 0 Å². The molecule has 1 atom stereocenters. The number of carbonyl (C=O) groups is 1. The van der Waals surface area contributed by atoms with Gasteiger partial charge in [0.05, 0.1) is 22.2 Å². The van der Waals surface area contributed by atoms with Gasteiger partial charge in [-0.05, 0) is 57.5 Å². The lowest BCUT2D eigenvalue weighted by Crippen LogP contribution is -2.47. The fraction of sp³-hybridized carbons (Fsp3) is 0.364. The van der Waals surface area contributed by atoms with Crippen molar-refractivity contribution < 1.29 is 13.2 Å². The van der Waals surface area contributed by atoms with Gasteiger partial charge in [-0.2, -0.15) is 0 Å². The summed E-state index contributed by atoms with van der Waals surface area (Å²) in [5, 5.41) is 2.83. The molecule has 1 aromatic heterocycles. The van der Waals surface area contributed by atoms with Crippen LogP contribution in [-0.2, 0) is 14.8 Å². The van der Waals surface area contributed by atoms with Crippen molar-refractivity contribution in [3.8, 4) is 0 Å². The molecule has 31 heavy (non-hydrogen) atoms. The monoisotopic (exact) mass is 461 g/mol. The van der Waals surface area contributed by atoms with Crippen molar-refractivity contribution in [1.82, 2.24) is 4.57 Å². The van der Waals surface area contributed by atoms with Crippen LogP contribution in [0.4, 0.5) is 11.4 Å². The number of thiazole rings is 1. The van der Waals surface area contributed by atoms with Crippen LogP contribution in [0.25, 0.3) is 10.2 Å². The van der Waals surface area contributed by atoms with Gasteiger partial charge in [-0.15, -0.1) is 0 Å². The fourth-order valence-electron chi connectivity index (χ4n) is 3.58. The van der Waals surface area contributed by atoms with Crippen LogP contribution in [0, 0.1) is 6.92 Å². The van der Waals surface area contributed by atoms with Crippen LogP contribution in [-0.4, -0.2) is 31.2 Å². The Balaban J connectivity index is 1.94. The second kappa shape index (κ2) is 8.84. The van der Waals surface area contributed by atoms with E-state index in [0.717, 1.165) is 37.7 Å². The number of rotatable bonds is 7. The van der Waals surface area contributed by atoms with Crippen molar-refractivity contribution in [2.75, 3.05) is 15.9 Å². The van der Waals surface area contributed by atoms with Gasteiger partial charge in [-0.1, -0.05) is 36.0 Å². The minimum atomic E-state index is -3.70. The molecule has 1 N–H and O–H groups in total. The molecule has 0 saturated heterocycles. The molecule has 166 valence electrons. The molecule has 0 spiro atoms. The zero-order valence-electron chi connectivity index (χ0n) is 18.2. The largest absolute Gasteiger partial charge is 0.324 e. The fourth-order valence-corrected chi connectivity index (χ4v) is 5.84. The average Bonchev–Trinajstić information content (AvgIpc) is 3.01. The standard InChI is InChI=1S/C22H27N3O4S2/c1-6-18(25(31(5,28)29)17-10-7-15(4)8-11-17)21(26)23-16-9-12-19-20(13-16)30-22(27)24(19)14(2)3/h7-14,18H,6H2,1-5H3,(H,23,26)/t18-/m1/s1. The molecule has 9 heteroatoms. The molecule has 0 radical (unpaired) electrons. The lowest BCUT2D eigenvalue weighted by atomic mass is 10.1. The molecule has 0 bridgehead atoms. The molecule has 0 aliphatic rings. The SMILES string of the molecule is CC[C@H](C(=O)Nc1ccc2c(c1)sc(=O)n2C(C)C)N(c1ccc(C)cc1)S(C)(=O)=O. The van der Waals surface area contributed by atoms with E-state index in [1.54, 1.807) is 41.8 Å². The molecule has 0 unspecified atom stereocenters. The van der Waals surface area contributed by atoms with Crippen molar-refractivity contribution in [2.45, 2.75) is 46.2 Å². The van der Waals surface area contributed by atoms with Gasteiger partial charge < -0.3 is 5.32 Å². The van der Waals surface area contributed by atoms with E-state index in [4.69, 9.17) is 0 Å². The smallest absolute Gasteiger partial charge is 0.308 e. The number of hydrogen-bond donors (Lipinski definition) is 1. The Morgan fingerprint density at radius 2 is 1.81 bits per heavy atom. The maximum absolute atomic E-state index is 13.1. The third-order valence-electron chi connectivity index (χ3n) is 5.02. The number of hydrogen-bond acceptors (Lipinski definition) is 5. The predicted octanol–water partition coefficient (Wildman–Crippen LogP) is 4.14. The van der Waals surface area contributed by atoms with Gasteiger partial charge in [-0.3, -0.25) is 18.5 Å². The first-order valence-corrected chi connectivity index (χ1v) is 12.7. The second-order valence-corrected chi connectivity index (χ2v) is 10.7. The predicted molar refractivity (Wildman–Crippen MR) is 128 cm³/mol. The molecule has 0 aliphatic heterocycles. The molecule has 0 saturated carbocycles. The Morgan fingerprint density at radius 3 is 2.35 bits per heavy atom. The van der Waals surface area contributed by atoms with Crippen molar-refractivity contribution in [1.29, 1.82) is 0 Å².